The van der Waals surface area contributed by atoms with Gasteiger partial charge in [0.1, 0.15) is 5.44 Å². The molecule has 2 unspecified atom stereocenters. The van der Waals surface area contributed by atoms with Crippen molar-refractivity contribution in [3.63, 3.8) is 0 Å². The van der Waals surface area contributed by atoms with Crippen LogP contribution in [-0.4, -0.2) is 17.3 Å². The Morgan fingerprint density at radius 1 is 1.50 bits per heavy atom. The first kappa shape index (κ1) is 8.66. The van der Waals surface area contributed by atoms with E-state index in [4.69, 9.17) is 4.74 Å². The largest absolute Gasteiger partial charge is 0.367 e. The molecule has 0 fully saturated rings. The van der Waals surface area contributed by atoms with Crippen LogP contribution in [0, 0.1) is 0 Å². The summed E-state index contributed by atoms with van der Waals surface area (Å²) in [5.41, 5.74) is -0.0247. The Bertz CT molecular complexity index is 56.4. The minimum atomic E-state index is -0.0247. The van der Waals surface area contributed by atoms with Crippen molar-refractivity contribution in [1.29, 1.82) is 0 Å². The summed E-state index contributed by atoms with van der Waals surface area (Å²) in [6, 6.07) is 0. The Morgan fingerprint density at radius 2 is 2.00 bits per heavy atom. The van der Waals surface area contributed by atoms with Crippen molar-refractivity contribution >= 4 is 25.3 Å². The van der Waals surface area contributed by atoms with Crippen molar-refractivity contribution in [1.82, 2.24) is 0 Å². The molecule has 0 aromatic carbocycles. The number of rotatable bonds is 3. The highest BCUT2D eigenvalue weighted by Crippen LogP contribution is 2.08. The summed E-state index contributed by atoms with van der Waals surface area (Å²) in [7, 11) is 0. The Hall–Kier alpha value is 0.660. The second-order valence-corrected chi connectivity index (χ2v) is 2.91. The standard InChI is InChI=1S/C5H12OS2/c1-3-6-5(8)4(2)7/h4-5,7-8H,3H2,1-2H3. The van der Waals surface area contributed by atoms with Gasteiger partial charge in [0, 0.05) is 11.9 Å². The van der Waals surface area contributed by atoms with E-state index in [1.54, 1.807) is 0 Å². The summed E-state index contributed by atoms with van der Waals surface area (Å²) in [5.74, 6) is 0. The molecule has 0 aliphatic rings. The minimum Gasteiger partial charge on any atom is -0.367 e. The number of ether oxygens (including phenoxy) is 1. The highest BCUT2D eigenvalue weighted by Gasteiger charge is 2.05. The Kier molecular flexibility index (Phi) is 4.90. The van der Waals surface area contributed by atoms with Crippen molar-refractivity contribution in [3.05, 3.63) is 0 Å². The van der Waals surface area contributed by atoms with Crippen LogP contribution in [0.25, 0.3) is 0 Å². The molecule has 0 radical (unpaired) electrons. The van der Waals surface area contributed by atoms with Gasteiger partial charge in [0.2, 0.25) is 0 Å². The third kappa shape index (κ3) is 3.64. The van der Waals surface area contributed by atoms with Gasteiger partial charge in [-0.05, 0) is 6.92 Å². The number of hydrogen-bond acceptors (Lipinski definition) is 3. The summed E-state index contributed by atoms with van der Waals surface area (Å²) in [5, 5.41) is 0.207. The molecule has 1 nitrogen and oxygen atoms in total. The zero-order valence-electron chi connectivity index (χ0n) is 5.16. The molecular formula is C5H12OS2. The van der Waals surface area contributed by atoms with E-state index in [2.05, 4.69) is 25.3 Å². The van der Waals surface area contributed by atoms with Crippen molar-refractivity contribution in [3.8, 4) is 0 Å². The first-order valence-corrected chi connectivity index (χ1v) is 3.69. The molecule has 0 rings (SSSR count). The van der Waals surface area contributed by atoms with Crippen LogP contribution in [0.1, 0.15) is 13.8 Å². The lowest BCUT2D eigenvalue weighted by Crippen LogP contribution is -2.14. The maximum atomic E-state index is 5.09. The van der Waals surface area contributed by atoms with Crippen LogP contribution >= 0.6 is 25.3 Å². The molecule has 0 saturated carbocycles. The molecule has 8 heavy (non-hydrogen) atoms. The highest BCUT2D eigenvalue weighted by molar-refractivity contribution is 7.85. The lowest BCUT2D eigenvalue weighted by Gasteiger charge is -2.12. The van der Waals surface area contributed by atoms with Gasteiger partial charge >= 0.3 is 0 Å². The van der Waals surface area contributed by atoms with E-state index in [9.17, 15) is 0 Å². The summed E-state index contributed by atoms with van der Waals surface area (Å²) in [4.78, 5) is 0. The van der Waals surface area contributed by atoms with E-state index in [0.29, 0.717) is 6.61 Å². The van der Waals surface area contributed by atoms with Crippen molar-refractivity contribution < 1.29 is 4.74 Å². The second kappa shape index (κ2) is 4.53. The fourth-order valence-electron chi connectivity index (χ4n) is 0.310. The van der Waals surface area contributed by atoms with Gasteiger partial charge in [0.05, 0.1) is 0 Å². The molecule has 0 aromatic rings. The van der Waals surface area contributed by atoms with Crippen LogP contribution in [0.15, 0.2) is 0 Å². The van der Waals surface area contributed by atoms with E-state index in [-0.39, 0.29) is 10.7 Å². The number of hydrogen-bond donors (Lipinski definition) is 2. The normalized spacial score (nSPS) is 18.0. The van der Waals surface area contributed by atoms with Crippen LogP contribution in [0.3, 0.4) is 0 Å². The van der Waals surface area contributed by atoms with Crippen molar-refractivity contribution in [2.75, 3.05) is 6.61 Å². The highest BCUT2D eigenvalue weighted by atomic mass is 32.1. The van der Waals surface area contributed by atoms with E-state index in [1.807, 2.05) is 13.8 Å². The predicted molar refractivity (Wildman–Crippen MR) is 42.8 cm³/mol. The quantitative estimate of drug-likeness (QED) is 0.461. The lowest BCUT2D eigenvalue weighted by molar-refractivity contribution is 0.128. The predicted octanol–water partition coefficient (Wildman–Crippen LogP) is 1.60. The maximum absolute atomic E-state index is 5.09. The van der Waals surface area contributed by atoms with Crippen LogP contribution in [0.5, 0.6) is 0 Å². The molecule has 0 aliphatic carbocycles. The molecule has 50 valence electrons. The SMILES string of the molecule is CCOC(S)C(C)S. The van der Waals surface area contributed by atoms with Crippen LogP contribution in [0.4, 0.5) is 0 Å². The fourth-order valence-corrected chi connectivity index (χ4v) is 0.545. The maximum Gasteiger partial charge on any atom is 0.111 e. The first-order chi connectivity index (χ1) is 3.68. The molecule has 0 spiro atoms. The molecule has 0 amide bonds. The van der Waals surface area contributed by atoms with E-state index >= 15 is 0 Å². The zero-order chi connectivity index (χ0) is 6.57. The van der Waals surface area contributed by atoms with Gasteiger partial charge in [0.25, 0.3) is 0 Å². The lowest BCUT2D eigenvalue weighted by atomic mass is 10.5. The molecular weight excluding hydrogens is 140 g/mol. The average molecular weight is 152 g/mol. The van der Waals surface area contributed by atoms with Crippen molar-refractivity contribution in [2.45, 2.75) is 24.5 Å². The van der Waals surface area contributed by atoms with E-state index in [1.165, 1.54) is 0 Å². The molecule has 3 heteroatoms. The molecule has 2 atom stereocenters. The monoisotopic (exact) mass is 152 g/mol. The fraction of sp³-hybridized carbons (Fsp3) is 1.00. The molecule has 0 aromatic heterocycles. The van der Waals surface area contributed by atoms with Gasteiger partial charge < -0.3 is 4.74 Å². The molecule has 0 heterocycles. The van der Waals surface area contributed by atoms with Crippen molar-refractivity contribution in [2.24, 2.45) is 0 Å². The number of thiol groups is 2. The average Bonchev–Trinajstić information content (AvgIpc) is 1.67. The summed E-state index contributed by atoms with van der Waals surface area (Å²) >= 11 is 8.23. The van der Waals surface area contributed by atoms with Gasteiger partial charge in [-0.3, -0.25) is 0 Å². The smallest absolute Gasteiger partial charge is 0.111 e. The summed E-state index contributed by atoms with van der Waals surface area (Å²) in [6.07, 6.45) is 0. The van der Waals surface area contributed by atoms with Gasteiger partial charge in [-0.1, -0.05) is 6.92 Å². The Morgan fingerprint density at radius 3 is 2.12 bits per heavy atom. The van der Waals surface area contributed by atoms with Gasteiger partial charge in [-0.2, -0.15) is 12.6 Å². The van der Waals surface area contributed by atoms with Crippen LogP contribution in [-0.2, 0) is 4.74 Å². The Balaban J connectivity index is 3.17. The topological polar surface area (TPSA) is 9.23 Å². The van der Waals surface area contributed by atoms with Gasteiger partial charge in [0.15, 0.2) is 0 Å². The second-order valence-electron chi connectivity index (χ2n) is 1.59. The zero-order valence-corrected chi connectivity index (χ0v) is 6.95. The molecule has 0 saturated heterocycles. The van der Waals surface area contributed by atoms with Crippen LogP contribution in [0.2, 0.25) is 0 Å². The first-order valence-electron chi connectivity index (χ1n) is 2.66. The summed E-state index contributed by atoms with van der Waals surface area (Å²) < 4.78 is 5.09. The van der Waals surface area contributed by atoms with Gasteiger partial charge in [-0.25, -0.2) is 0 Å². The third-order valence-electron chi connectivity index (χ3n) is 0.750. The van der Waals surface area contributed by atoms with Crippen LogP contribution < -0.4 is 0 Å². The third-order valence-corrected chi connectivity index (χ3v) is 1.85. The molecule has 0 bridgehead atoms. The van der Waals surface area contributed by atoms with E-state index < -0.39 is 0 Å². The van der Waals surface area contributed by atoms with E-state index in [0.717, 1.165) is 0 Å². The molecule has 0 N–H and O–H groups in total. The molecule has 0 aliphatic heterocycles. The van der Waals surface area contributed by atoms with Gasteiger partial charge in [-0.15, -0.1) is 12.6 Å². The minimum absolute atomic E-state index is 0.0247. The Labute approximate surface area is 61.6 Å². The summed E-state index contributed by atoms with van der Waals surface area (Å²) in [6.45, 7) is 4.61.